The first-order valence-electron chi connectivity index (χ1n) is 11.9. The molecule has 0 fully saturated rings. The number of carbonyl (C=O) groups excluding carboxylic acids is 2. The van der Waals surface area contributed by atoms with Crippen LogP contribution >= 0.6 is 0 Å². The molecule has 4 aromatic rings. The van der Waals surface area contributed by atoms with Crippen LogP contribution in [0.4, 0.5) is 11.4 Å². The number of carbonyl (C=O) groups is 2. The third-order valence-corrected chi connectivity index (χ3v) is 6.10. The molecule has 0 saturated carbocycles. The molecule has 10 nitrogen and oxygen atoms in total. The zero-order chi connectivity index (χ0) is 27.2. The average molecular weight is 514 g/mol. The number of nitrogens with one attached hydrogen (secondary N) is 1. The Bertz CT molecular complexity index is 1460. The topological polar surface area (TPSA) is 145 Å². The van der Waals surface area contributed by atoms with Gasteiger partial charge in [-0.1, -0.05) is 47.6 Å². The van der Waals surface area contributed by atoms with Crippen molar-refractivity contribution in [2.45, 2.75) is 33.5 Å². The molecule has 0 aliphatic heterocycles. The number of anilines is 1. The maximum absolute atomic E-state index is 13.7. The van der Waals surface area contributed by atoms with Crippen LogP contribution in [0.1, 0.15) is 48.9 Å². The van der Waals surface area contributed by atoms with E-state index in [0.29, 0.717) is 41.4 Å². The predicted molar refractivity (Wildman–Crippen MR) is 141 cm³/mol. The van der Waals surface area contributed by atoms with Crippen LogP contribution in [-0.4, -0.2) is 26.8 Å². The maximum Gasteiger partial charge on any atom is 0.269 e. The number of hydrogen-bond donors (Lipinski definition) is 2. The molecule has 0 aliphatic carbocycles. The first-order chi connectivity index (χ1) is 18.3. The Kier molecular flexibility index (Phi) is 7.93. The van der Waals surface area contributed by atoms with E-state index in [2.05, 4.69) is 10.5 Å². The molecule has 38 heavy (non-hydrogen) atoms. The van der Waals surface area contributed by atoms with E-state index in [9.17, 15) is 19.7 Å². The lowest BCUT2D eigenvalue weighted by atomic mass is 10.1. The average Bonchev–Trinajstić information content (AvgIpc) is 3.26. The number of nitro benzene ring substituents is 1. The maximum atomic E-state index is 13.7. The number of rotatable bonds is 9. The van der Waals surface area contributed by atoms with E-state index in [0.717, 1.165) is 11.1 Å². The standard InChI is InChI=1S/C28H27N5O5/c1-18-26(19(2)38-31-18)28(35)32(16-21-7-5-6-20(14-21)15-29)17-23-8-3-4-9-25(23)30-27(34)22-10-12-24(13-11-22)33(36)37/h3-14H,15-17,29H2,1-2H3,(H,30,34). The van der Waals surface area contributed by atoms with Crippen molar-refractivity contribution in [2.24, 2.45) is 5.73 Å². The normalized spacial score (nSPS) is 10.7. The van der Waals surface area contributed by atoms with E-state index in [-0.39, 0.29) is 23.7 Å². The Hall–Kier alpha value is -4.83. The summed E-state index contributed by atoms with van der Waals surface area (Å²) < 4.78 is 5.24. The van der Waals surface area contributed by atoms with Crippen LogP contribution in [0, 0.1) is 24.0 Å². The van der Waals surface area contributed by atoms with Gasteiger partial charge in [-0.05, 0) is 48.7 Å². The first-order valence-corrected chi connectivity index (χ1v) is 11.9. The van der Waals surface area contributed by atoms with E-state index >= 15 is 0 Å². The largest absolute Gasteiger partial charge is 0.361 e. The van der Waals surface area contributed by atoms with Gasteiger partial charge in [-0.2, -0.15) is 0 Å². The van der Waals surface area contributed by atoms with E-state index in [4.69, 9.17) is 10.3 Å². The summed E-state index contributed by atoms with van der Waals surface area (Å²) in [5.74, 6) is -0.254. The minimum atomic E-state index is -0.523. The second-order valence-corrected chi connectivity index (χ2v) is 8.80. The highest BCUT2D eigenvalue weighted by Gasteiger charge is 2.25. The molecule has 194 valence electrons. The monoisotopic (exact) mass is 513 g/mol. The zero-order valence-corrected chi connectivity index (χ0v) is 21.0. The second kappa shape index (κ2) is 11.5. The molecule has 3 aromatic carbocycles. The van der Waals surface area contributed by atoms with Gasteiger partial charge in [-0.3, -0.25) is 19.7 Å². The lowest BCUT2D eigenvalue weighted by molar-refractivity contribution is -0.384. The summed E-state index contributed by atoms with van der Waals surface area (Å²) in [5, 5.41) is 17.7. The van der Waals surface area contributed by atoms with Crippen LogP contribution in [-0.2, 0) is 19.6 Å². The molecular weight excluding hydrogens is 486 g/mol. The summed E-state index contributed by atoms with van der Waals surface area (Å²) in [5.41, 5.74) is 9.94. The van der Waals surface area contributed by atoms with Crippen molar-refractivity contribution in [3.63, 3.8) is 0 Å². The van der Waals surface area contributed by atoms with Gasteiger partial charge in [-0.15, -0.1) is 0 Å². The summed E-state index contributed by atoms with van der Waals surface area (Å²) in [6.07, 6.45) is 0. The number of nitrogens with zero attached hydrogens (tertiary/aromatic N) is 3. The number of hydrogen-bond acceptors (Lipinski definition) is 7. The van der Waals surface area contributed by atoms with Gasteiger partial charge in [0.2, 0.25) is 0 Å². The van der Waals surface area contributed by atoms with E-state index < -0.39 is 10.8 Å². The molecular formula is C28H27N5O5. The van der Waals surface area contributed by atoms with Gasteiger partial charge in [-0.25, -0.2) is 0 Å². The molecule has 0 radical (unpaired) electrons. The van der Waals surface area contributed by atoms with Crippen molar-refractivity contribution >= 4 is 23.2 Å². The summed E-state index contributed by atoms with van der Waals surface area (Å²) in [4.78, 5) is 38.7. The van der Waals surface area contributed by atoms with Gasteiger partial charge in [0.25, 0.3) is 17.5 Å². The third kappa shape index (κ3) is 5.93. The summed E-state index contributed by atoms with van der Waals surface area (Å²) in [6, 6.07) is 20.2. The molecule has 0 bridgehead atoms. The van der Waals surface area contributed by atoms with Crippen molar-refractivity contribution in [3.05, 3.63) is 122 Å². The molecule has 0 aliphatic rings. The van der Waals surface area contributed by atoms with Crippen LogP contribution in [0.2, 0.25) is 0 Å². The Labute approximate surface area is 219 Å². The Balaban J connectivity index is 1.63. The van der Waals surface area contributed by atoms with Gasteiger partial charge in [0.15, 0.2) is 0 Å². The quantitative estimate of drug-likeness (QED) is 0.243. The van der Waals surface area contributed by atoms with Crippen molar-refractivity contribution in [2.75, 3.05) is 5.32 Å². The van der Waals surface area contributed by atoms with E-state index in [1.165, 1.54) is 24.3 Å². The summed E-state index contributed by atoms with van der Waals surface area (Å²) in [6.45, 7) is 4.27. The number of aryl methyl sites for hydroxylation is 2. The lowest BCUT2D eigenvalue weighted by Crippen LogP contribution is -2.31. The number of nitrogens with two attached hydrogens (primary N) is 1. The highest BCUT2D eigenvalue weighted by Crippen LogP contribution is 2.24. The molecule has 2 amide bonds. The first kappa shape index (κ1) is 26.2. The number of amides is 2. The lowest BCUT2D eigenvalue weighted by Gasteiger charge is -2.24. The third-order valence-electron chi connectivity index (χ3n) is 6.10. The number of para-hydroxylation sites is 1. The molecule has 0 saturated heterocycles. The smallest absolute Gasteiger partial charge is 0.269 e. The number of non-ortho nitro benzene ring substituents is 1. The minimum absolute atomic E-state index is 0.103. The van der Waals surface area contributed by atoms with Crippen molar-refractivity contribution in [3.8, 4) is 0 Å². The van der Waals surface area contributed by atoms with Gasteiger partial charge in [0, 0.05) is 43.0 Å². The number of aromatic nitrogens is 1. The molecule has 3 N–H and O–H groups in total. The van der Waals surface area contributed by atoms with Crippen molar-refractivity contribution < 1.29 is 19.0 Å². The highest BCUT2D eigenvalue weighted by molar-refractivity contribution is 6.04. The fourth-order valence-corrected chi connectivity index (χ4v) is 4.14. The SMILES string of the molecule is Cc1noc(C)c1C(=O)N(Cc1cccc(CN)c1)Cc1ccccc1NC(=O)c1ccc([N+](=O)[O-])cc1. The van der Waals surface area contributed by atoms with Gasteiger partial charge >= 0.3 is 0 Å². The van der Waals surface area contributed by atoms with Gasteiger partial charge in [0.1, 0.15) is 11.3 Å². The van der Waals surface area contributed by atoms with Gasteiger partial charge < -0.3 is 20.5 Å². The minimum Gasteiger partial charge on any atom is -0.361 e. The van der Waals surface area contributed by atoms with Crippen LogP contribution < -0.4 is 11.1 Å². The predicted octanol–water partition coefficient (Wildman–Crippen LogP) is 4.75. The van der Waals surface area contributed by atoms with E-state index in [1.54, 1.807) is 30.9 Å². The molecule has 0 atom stereocenters. The van der Waals surface area contributed by atoms with Crippen LogP contribution in [0.15, 0.2) is 77.3 Å². The van der Waals surface area contributed by atoms with Crippen molar-refractivity contribution in [1.29, 1.82) is 0 Å². The molecule has 4 rings (SSSR count). The van der Waals surface area contributed by atoms with E-state index in [1.807, 2.05) is 36.4 Å². The number of nitro groups is 1. The molecule has 1 heterocycles. The Morgan fingerprint density at radius 1 is 1.00 bits per heavy atom. The highest BCUT2D eigenvalue weighted by atomic mass is 16.6. The Morgan fingerprint density at radius 3 is 2.37 bits per heavy atom. The molecule has 0 spiro atoms. The molecule has 0 unspecified atom stereocenters. The zero-order valence-electron chi connectivity index (χ0n) is 21.0. The van der Waals surface area contributed by atoms with Crippen LogP contribution in [0.5, 0.6) is 0 Å². The fraction of sp³-hybridized carbons (Fsp3) is 0.179. The second-order valence-electron chi connectivity index (χ2n) is 8.80. The fourth-order valence-electron chi connectivity index (χ4n) is 4.14. The van der Waals surface area contributed by atoms with Crippen LogP contribution in [0.25, 0.3) is 0 Å². The van der Waals surface area contributed by atoms with Gasteiger partial charge in [0.05, 0.1) is 10.6 Å². The molecule has 10 heteroatoms. The Morgan fingerprint density at radius 2 is 1.71 bits per heavy atom. The van der Waals surface area contributed by atoms with Crippen LogP contribution in [0.3, 0.4) is 0 Å². The number of benzene rings is 3. The summed E-state index contributed by atoms with van der Waals surface area (Å²) >= 11 is 0. The van der Waals surface area contributed by atoms with Crippen molar-refractivity contribution in [1.82, 2.24) is 10.1 Å². The summed E-state index contributed by atoms with van der Waals surface area (Å²) in [7, 11) is 0. The molecule has 1 aromatic heterocycles.